The Hall–Kier alpha value is -2.38. The monoisotopic (exact) mass is 377 g/mol. The largest absolute Gasteiger partial charge is 0.481 e. The molecule has 130 valence electrons. The van der Waals surface area contributed by atoms with Crippen LogP contribution in [0.3, 0.4) is 0 Å². The second-order valence-corrected chi connectivity index (χ2v) is 6.78. The molecule has 0 spiro atoms. The van der Waals surface area contributed by atoms with Gasteiger partial charge in [-0.3, -0.25) is 4.79 Å². The molecule has 0 radical (unpaired) electrons. The first-order chi connectivity index (χ1) is 12.0. The summed E-state index contributed by atoms with van der Waals surface area (Å²) in [6.07, 6.45) is -0.664. The summed E-state index contributed by atoms with van der Waals surface area (Å²) in [5.74, 6) is 1.23. The third-order valence-corrected chi connectivity index (χ3v) is 4.52. The van der Waals surface area contributed by atoms with E-state index in [0.29, 0.717) is 22.5 Å². The first-order valence-electron chi connectivity index (χ1n) is 7.56. The zero-order chi connectivity index (χ0) is 17.8. The molecule has 25 heavy (non-hydrogen) atoms. The Morgan fingerprint density at radius 1 is 1.40 bits per heavy atom. The number of carbonyl (C=O) groups is 1. The van der Waals surface area contributed by atoms with Gasteiger partial charge in [-0.25, -0.2) is 0 Å². The minimum absolute atomic E-state index is 0.198. The second-order valence-electron chi connectivity index (χ2n) is 5.40. The molecular formula is C17H16ClN3O3S. The summed E-state index contributed by atoms with van der Waals surface area (Å²) in [4.78, 5) is 19.2. The number of ether oxygens (including phenoxy) is 1. The van der Waals surface area contributed by atoms with Gasteiger partial charge in [0.2, 0.25) is 11.7 Å². The topological polar surface area (TPSA) is 68.5 Å². The van der Waals surface area contributed by atoms with E-state index in [1.807, 2.05) is 17.5 Å². The van der Waals surface area contributed by atoms with E-state index >= 15 is 0 Å². The van der Waals surface area contributed by atoms with Crippen LogP contribution >= 0.6 is 22.9 Å². The molecule has 0 saturated heterocycles. The highest BCUT2D eigenvalue weighted by molar-refractivity contribution is 7.13. The van der Waals surface area contributed by atoms with Crippen LogP contribution in [0.25, 0.3) is 10.7 Å². The summed E-state index contributed by atoms with van der Waals surface area (Å²) in [5.41, 5.74) is 0. The first kappa shape index (κ1) is 17.4. The van der Waals surface area contributed by atoms with Crippen LogP contribution in [0.4, 0.5) is 0 Å². The normalized spacial score (nSPS) is 12.0. The number of benzene rings is 1. The number of amides is 1. The van der Waals surface area contributed by atoms with Crippen LogP contribution in [0.5, 0.6) is 5.75 Å². The van der Waals surface area contributed by atoms with Crippen LogP contribution < -0.4 is 4.74 Å². The number of carbonyl (C=O) groups excluding carboxylic acids is 1. The average molecular weight is 378 g/mol. The van der Waals surface area contributed by atoms with Crippen molar-refractivity contribution < 1.29 is 14.1 Å². The molecule has 0 unspecified atom stereocenters. The number of thiophene rings is 1. The maximum Gasteiger partial charge on any atom is 0.263 e. The molecule has 3 rings (SSSR count). The van der Waals surface area contributed by atoms with Crippen LogP contribution in [0.2, 0.25) is 5.02 Å². The van der Waals surface area contributed by atoms with E-state index in [9.17, 15) is 4.79 Å². The van der Waals surface area contributed by atoms with Gasteiger partial charge in [0.1, 0.15) is 5.75 Å². The minimum atomic E-state index is -0.664. The van der Waals surface area contributed by atoms with Gasteiger partial charge in [0.25, 0.3) is 5.91 Å². The van der Waals surface area contributed by atoms with E-state index in [4.69, 9.17) is 20.9 Å². The van der Waals surface area contributed by atoms with Crippen molar-refractivity contribution in [2.45, 2.75) is 19.6 Å². The molecule has 0 fully saturated rings. The fourth-order valence-electron chi connectivity index (χ4n) is 2.21. The molecule has 0 aliphatic heterocycles. The number of halogens is 1. The van der Waals surface area contributed by atoms with E-state index in [0.717, 1.165) is 4.88 Å². The van der Waals surface area contributed by atoms with Crippen LogP contribution in [0, 0.1) is 0 Å². The summed E-state index contributed by atoms with van der Waals surface area (Å²) in [6.45, 7) is 1.89. The summed E-state index contributed by atoms with van der Waals surface area (Å²) < 4.78 is 10.9. The van der Waals surface area contributed by atoms with Crippen molar-refractivity contribution in [2.24, 2.45) is 0 Å². The van der Waals surface area contributed by atoms with Gasteiger partial charge in [-0.15, -0.1) is 11.3 Å². The van der Waals surface area contributed by atoms with Crippen molar-refractivity contribution in [1.29, 1.82) is 0 Å². The summed E-state index contributed by atoms with van der Waals surface area (Å²) in [5, 5.41) is 6.43. The lowest BCUT2D eigenvalue weighted by molar-refractivity contribution is -0.137. The molecule has 6 nitrogen and oxygen atoms in total. The molecule has 0 bridgehead atoms. The molecule has 1 aromatic carbocycles. The van der Waals surface area contributed by atoms with E-state index in [1.54, 1.807) is 38.2 Å². The van der Waals surface area contributed by atoms with Crippen molar-refractivity contribution in [1.82, 2.24) is 15.0 Å². The zero-order valence-electron chi connectivity index (χ0n) is 13.7. The fraction of sp³-hybridized carbons (Fsp3) is 0.235. The molecule has 0 saturated carbocycles. The van der Waals surface area contributed by atoms with E-state index in [1.165, 1.54) is 16.2 Å². The fourth-order valence-corrected chi connectivity index (χ4v) is 3.04. The van der Waals surface area contributed by atoms with Crippen molar-refractivity contribution in [3.05, 3.63) is 52.7 Å². The lowest BCUT2D eigenvalue weighted by Gasteiger charge is -2.20. The van der Waals surface area contributed by atoms with Crippen LogP contribution in [0.1, 0.15) is 12.8 Å². The van der Waals surface area contributed by atoms with E-state index < -0.39 is 6.10 Å². The highest BCUT2D eigenvalue weighted by Crippen LogP contribution is 2.22. The van der Waals surface area contributed by atoms with E-state index in [2.05, 4.69) is 10.1 Å². The smallest absolute Gasteiger partial charge is 0.263 e. The predicted octanol–water partition coefficient (Wildman–Crippen LogP) is 3.88. The maximum absolute atomic E-state index is 12.5. The van der Waals surface area contributed by atoms with Crippen molar-refractivity contribution in [3.63, 3.8) is 0 Å². The quantitative estimate of drug-likeness (QED) is 0.652. The Kier molecular flexibility index (Phi) is 5.35. The molecule has 3 aromatic rings. The molecule has 2 heterocycles. The lowest BCUT2D eigenvalue weighted by atomic mass is 10.3. The van der Waals surface area contributed by atoms with Gasteiger partial charge in [0.05, 0.1) is 11.4 Å². The van der Waals surface area contributed by atoms with Gasteiger partial charge in [-0.1, -0.05) is 28.9 Å². The average Bonchev–Trinajstić information content (AvgIpc) is 3.25. The molecule has 0 N–H and O–H groups in total. The van der Waals surface area contributed by atoms with Crippen molar-refractivity contribution >= 4 is 28.8 Å². The molecule has 8 heteroatoms. The van der Waals surface area contributed by atoms with Gasteiger partial charge in [0.15, 0.2) is 6.10 Å². The standard InChI is InChI=1S/C17H16ClN3O3S/c1-11(23-13-6-3-5-12(18)9-13)17(22)21(2)10-15-19-16(20-24-15)14-7-4-8-25-14/h3-9,11H,10H2,1-2H3/t11-/m1/s1. The minimum Gasteiger partial charge on any atom is -0.481 e. The van der Waals surface area contributed by atoms with E-state index in [-0.39, 0.29) is 12.5 Å². The summed E-state index contributed by atoms with van der Waals surface area (Å²) >= 11 is 7.45. The first-order valence-corrected chi connectivity index (χ1v) is 8.82. The molecule has 1 atom stereocenters. The predicted molar refractivity (Wildman–Crippen MR) is 95.6 cm³/mol. The number of nitrogens with zero attached hydrogens (tertiary/aromatic N) is 3. The summed E-state index contributed by atoms with van der Waals surface area (Å²) in [7, 11) is 1.66. The maximum atomic E-state index is 12.5. The highest BCUT2D eigenvalue weighted by Gasteiger charge is 2.21. The van der Waals surface area contributed by atoms with Gasteiger partial charge in [-0.05, 0) is 36.6 Å². The van der Waals surface area contributed by atoms with Crippen molar-refractivity contribution in [2.75, 3.05) is 7.05 Å². The Balaban J connectivity index is 1.60. The van der Waals surface area contributed by atoms with Gasteiger partial charge < -0.3 is 14.2 Å². The van der Waals surface area contributed by atoms with Gasteiger partial charge in [-0.2, -0.15) is 4.98 Å². The molecule has 0 aliphatic rings. The Morgan fingerprint density at radius 2 is 2.24 bits per heavy atom. The second kappa shape index (κ2) is 7.67. The van der Waals surface area contributed by atoms with Gasteiger partial charge >= 0.3 is 0 Å². The lowest BCUT2D eigenvalue weighted by Crippen LogP contribution is -2.37. The number of rotatable bonds is 6. The van der Waals surface area contributed by atoms with Crippen LogP contribution in [-0.4, -0.2) is 34.1 Å². The number of hydrogen-bond acceptors (Lipinski definition) is 6. The Bertz CT molecular complexity index is 850. The third kappa shape index (κ3) is 4.37. The SMILES string of the molecule is C[C@@H](Oc1cccc(Cl)c1)C(=O)N(C)Cc1nc(-c2cccs2)no1. The molecule has 0 aliphatic carbocycles. The Morgan fingerprint density at radius 3 is 2.96 bits per heavy atom. The molecule has 2 aromatic heterocycles. The number of hydrogen-bond donors (Lipinski definition) is 0. The van der Waals surface area contributed by atoms with Gasteiger partial charge in [0, 0.05) is 12.1 Å². The third-order valence-electron chi connectivity index (χ3n) is 3.42. The summed E-state index contributed by atoms with van der Waals surface area (Å²) in [6, 6.07) is 10.8. The number of aromatic nitrogens is 2. The zero-order valence-corrected chi connectivity index (χ0v) is 15.3. The van der Waals surface area contributed by atoms with Crippen LogP contribution in [0.15, 0.2) is 46.3 Å². The van der Waals surface area contributed by atoms with Crippen LogP contribution in [-0.2, 0) is 11.3 Å². The number of likely N-dealkylation sites (N-methyl/N-ethyl adjacent to an activating group) is 1. The van der Waals surface area contributed by atoms with Crippen molar-refractivity contribution in [3.8, 4) is 16.5 Å². The Labute approximate surface area is 154 Å². The molecule has 1 amide bonds. The highest BCUT2D eigenvalue weighted by atomic mass is 35.5. The molecular weight excluding hydrogens is 362 g/mol.